The molecule has 2 aliphatic rings. The number of hydrogen-bond acceptors (Lipinski definition) is 6. The van der Waals surface area contributed by atoms with Crippen molar-refractivity contribution in [1.82, 2.24) is 30.3 Å². The van der Waals surface area contributed by atoms with E-state index in [4.69, 9.17) is 4.74 Å². The number of likely N-dealkylation sites (tertiary alicyclic amines) is 1. The van der Waals surface area contributed by atoms with Crippen LogP contribution in [-0.4, -0.2) is 69.5 Å². The molecule has 2 heterocycles. The van der Waals surface area contributed by atoms with Crippen molar-refractivity contribution in [3.8, 4) is 0 Å². The highest BCUT2D eigenvalue weighted by atomic mass is 16.6. The predicted molar refractivity (Wildman–Crippen MR) is 94.3 cm³/mol. The van der Waals surface area contributed by atoms with Gasteiger partial charge in [-0.2, -0.15) is 5.10 Å². The fraction of sp³-hybridized carbons (Fsp3) is 0.765. The Bertz CT molecular complexity index is 585. The Balaban J connectivity index is 1.34. The summed E-state index contributed by atoms with van der Waals surface area (Å²) in [7, 11) is 0. The molecule has 2 amide bonds. The van der Waals surface area contributed by atoms with Crippen LogP contribution in [-0.2, 0) is 16.1 Å². The Morgan fingerprint density at radius 2 is 1.96 bits per heavy atom. The molecule has 9 nitrogen and oxygen atoms in total. The Morgan fingerprint density at radius 1 is 1.19 bits per heavy atom. The first kappa shape index (κ1) is 18.6. The highest BCUT2D eigenvalue weighted by Gasteiger charge is 2.34. The van der Waals surface area contributed by atoms with Gasteiger partial charge in [-0.25, -0.2) is 9.78 Å². The lowest BCUT2D eigenvalue weighted by molar-refractivity contribution is -0.123. The molecule has 9 heteroatoms. The van der Waals surface area contributed by atoms with Crippen LogP contribution in [0.4, 0.5) is 4.79 Å². The van der Waals surface area contributed by atoms with Gasteiger partial charge in [0.2, 0.25) is 5.91 Å². The van der Waals surface area contributed by atoms with Gasteiger partial charge in [-0.1, -0.05) is 0 Å². The maximum Gasteiger partial charge on any atom is 0.409 e. The standard InChI is InChI=1S/C17H28N6O3/c1-2-26-17(25)22-8-5-13(6-9-22)20-14-3-4-15(14)21-16(24)7-10-23-12-18-11-19-23/h11-15,20H,2-10H2,1H3,(H,21,24)/t14-,15+/m1/s1. The third-order valence-electron chi connectivity index (χ3n) is 5.13. The van der Waals surface area contributed by atoms with Crippen molar-refractivity contribution in [2.24, 2.45) is 0 Å². The molecule has 1 aromatic heterocycles. The Morgan fingerprint density at radius 3 is 2.58 bits per heavy atom. The number of nitrogens with one attached hydrogen (secondary N) is 2. The van der Waals surface area contributed by atoms with E-state index in [-0.39, 0.29) is 18.0 Å². The van der Waals surface area contributed by atoms with Crippen LogP contribution in [0.25, 0.3) is 0 Å². The molecule has 1 saturated carbocycles. The molecule has 2 N–H and O–H groups in total. The average Bonchev–Trinajstić information content (AvgIpc) is 3.16. The zero-order valence-electron chi connectivity index (χ0n) is 15.3. The topological polar surface area (TPSA) is 101 Å². The quantitative estimate of drug-likeness (QED) is 0.732. The van der Waals surface area contributed by atoms with Crippen LogP contribution in [0.3, 0.4) is 0 Å². The van der Waals surface area contributed by atoms with Crippen LogP contribution in [0.15, 0.2) is 12.7 Å². The molecule has 1 aromatic rings. The molecule has 0 spiro atoms. The molecule has 1 aliphatic heterocycles. The number of rotatable bonds is 7. The van der Waals surface area contributed by atoms with Gasteiger partial charge in [-0.15, -0.1) is 0 Å². The molecule has 0 aromatic carbocycles. The van der Waals surface area contributed by atoms with Gasteiger partial charge in [-0.05, 0) is 32.6 Å². The second-order valence-corrected chi connectivity index (χ2v) is 6.89. The normalized spacial score (nSPS) is 23.3. The van der Waals surface area contributed by atoms with Crippen LogP contribution in [0.2, 0.25) is 0 Å². The van der Waals surface area contributed by atoms with Gasteiger partial charge in [0.15, 0.2) is 0 Å². The minimum Gasteiger partial charge on any atom is -0.450 e. The summed E-state index contributed by atoms with van der Waals surface area (Å²) >= 11 is 0. The number of aryl methyl sites for hydroxylation is 1. The summed E-state index contributed by atoms with van der Waals surface area (Å²) in [6.45, 7) is 4.22. The number of carbonyl (C=O) groups is 2. The second-order valence-electron chi connectivity index (χ2n) is 6.89. The van der Waals surface area contributed by atoms with Crippen molar-refractivity contribution in [3.63, 3.8) is 0 Å². The van der Waals surface area contributed by atoms with Crippen molar-refractivity contribution < 1.29 is 14.3 Å². The van der Waals surface area contributed by atoms with Crippen molar-refractivity contribution >= 4 is 12.0 Å². The number of hydrogen-bond donors (Lipinski definition) is 2. The molecule has 26 heavy (non-hydrogen) atoms. The molecular weight excluding hydrogens is 336 g/mol. The van der Waals surface area contributed by atoms with Crippen LogP contribution in [0, 0.1) is 0 Å². The summed E-state index contributed by atoms with van der Waals surface area (Å²) in [6, 6.07) is 0.909. The number of piperidine rings is 1. The zero-order chi connectivity index (χ0) is 18.4. The SMILES string of the molecule is CCOC(=O)N1CCC(N[C@@H]2CC[C@@H]2NC(=O)CCn2cncn2)CC1. The summed E-state index contributed by atoms with van der Waals surface area (Å²) in [6.07, 6.45) is 7.20. The first-order chi connectivity index (χ1) is 12.7. The van der Waals surface area contributed by atoms with E-state index in [0.717, 1.165) is 38.8 Å². The lowest BCUT2D eigenvalue weighted by atomic mass is 9.85. The lowest BCUT2D eigenvalue weighted by Crippen LogP contribution is -2.60. The van der Waals surface area contributed by atoms with E-state index in [1.807, 2.05) is 6.92 Å². The van der Waals surface area contributed by atoms with E-state index in [1.54, 1.807) is 15.9 Å². The van der Waals surface area contributed by atoms with E-state index >= 15 is 0 Å². The maximum atomic E-state index is 12.1. The molecule has 2 fully saturated rings. The highest BCUT2D eigenvalue weighted by Crippen LogP contribution is 2.23. The summed E-state index contributed by atoms with van der Waals surface area (Å²) < 4.78 is 6.71. The lowest BCUT2D eigenvalue weighted by Gasteiger charge is -2.42. The average molecular weight is 364 g/mol. The van der Waals surface area contributed by atoms with Crippen molar-refractivity contribution in [1.29, 1.82) is 0 Å². The van der Waals surface area contributed by atoms with E-state index in [0.29, 0.717) is 31.7 Å². The molecule has 3 rings (SSSR count). The van der Waals surface area contributed by atoms with Gasteiger partial charge in [0.25, 0.3) is 0 Å². The van der Waals surface area contributed by atoms with E-state index < -0.39 is 0 Å². The fourth-order valence-electron chi connectivity index (χ4n) is 3.46. The van der Waals surface area contributed by atoms with E-state index in [9.17, 15) is 9.59 Å². The number of nitrogens with zero attached hydrogens (tertiary/aromatic N) is 4. The Kier molecular flexibility index (Phi) is 6.43. The zero-order valence-corrected chi connectivity index (χ0v) is 15.3. The van der Waals surface area contributed by atoms with Crippen molar-refractivity contribution in [3.05, 3.63) is 12.7 Å². The number of carbonyl (C=O) groups excluding carboxylic acids is 2. The predicted octanol–water partition coefficient (Wildman–Crippen LogP) is 0.526. The van der Waals surface area contributed by atoms with Gasteiger partial charge in [-0.3, -0.25) is 9.48 Å². The van der Waals surface area contributed by atoms with Gasteiger partial charge < -0.3 is 20.3 Å². The summed E-state index contributed by atoms with van der Waals surface area (Å²) in [5, 5.41) is 10.8. The summed E-state index contributed by atoms with van der Waals surface area (Å²) in [5.74, 6) is 0.0501. The molecule has 1 saturated heterocycles. The van der Waals surface area contributed by atoms with Crippen LogP contribution >= 0.6 is 0 Å². The Hall–Kier alpha value is -2.16. The number of ether oxygens (including phenoxy) is 1. The maximum absolute atomic E-state index is 12.1. The third kappa shape index (κ3) is 4.94. The monoisotopic (exact) mass is 364 g/mol. The molecule has 0 bridgehead atoms. The molecule has 0 radical (unpaired) electrons. The molecular formula is C17H28N6O3. The van der Waals surface area contributed by atoms with Gasteiger partial charge >= 0.3 is 6.09 Å². The van der Waals surface area contributed by atoms with E-state index in [2.05, 4.69) is 20.7 Å². The first-order valence-corrected chi connectivity index (χ1v) is 9.45. The first-order valence-electron chi connectivity index (χ1n) is 9.45. The van der Waals surface area contributed by atoms with Gasteiger partial charge in [0.05, 0.1) is 13.2 Å². The van der Waals surface area contributed by atoms with Crippen molar-refractivity contribution in [2.75, 3.05) is 19.7 Å². The van der Waals surface area contributed by atoms with Crippen molar-refractivity contribution in [2.45, 2.75) is 63.7 Å². The smallest absolute Gasteiger partial charge is 0.409 e. The van der Waals surface area contributed by atoms with Gasteiger partial charge in [0, 0.05) is 37.6 Å². The largest absolute Gasteiger partial charge is 0.450 e. The fourth-order valence-corrected chi connectivity index (χ4v) is 3.46. The second kappa shape index (κ2) is 8.98. The molecule has 1 aliphatic carbocycles. The molecule has 0 unspecified atom stereocenters. The Labute approximate surface area is 153 Å². The van der Waals surface area contributed by atoms with Crippen LogP contribution in [0.5, 0.6) is 0 Å². The highest BCUT2D eigenvalue weighted by molar-refractivity contribution is 5.76. The third-order valence-corrected chi connectivity index (χ3v) is 5.13. The van der Waals surface area contributed by atoms with E-state index in [1.165, 1.54) is 6.33 Å². The number of amides is 2. The minimum absolute atomic E-state index is 0.0501. The number of aromatic nitrogens is 3. The molecule has 144 valence electrons. The summed E-state index contributed by atoms with van der Waals surface area (Å²) in [5.41, 5.74) is 0. The van der Waals surface area contributed by atoms with Gasteiger partial charge in [0.1, 0.15) is 12.7 Å². The van der Waals surface area contributed by atoms with Crippen LogP contribution in [0.1, 0.15) is 39.0 Å². The minimum atomic E-state index is -0.216. The molecule has 2 atom stereocenters. The van der Waals surface area contributed by atoms with Crippen LogP contribution < -0.4 is 10.6 Å². The summed E-state index contributed by atoms with van der Waals surface area (Å²) in [4.78, 5) is 29.5.